The summed E-state index contributed by atoms with van der Waals surface area (Å²) < 4.78 is 6.02. The van der Waals surface area contributed by atoms with Crippen molar-refractivity contribution in [1.29, 1.82) is 0 Å². The van der Waals surface area contributed by atoms with Crippen LogP contribution in [0.3, 0.4) is 0 Å². The number of nitrogens with two attached hydrogens (primary N) is 1. The molecule has 0 aliphatic heterocycles. The van der Waals surface area contributed by atoms with Gasteiger partial charge in [0.2, 0.25) is 0 Å². The Kier molecular flexibility index (Phi) is 3.71. The van der Waals surface area contributed by atoms with E-state index >= 15 is 0 Å². The molecule has 4 nitrogen and oxygen atoms in total. The summed E-state index contributed by atoms with van der Waals surface area (Å²) in [4.78, 5) is 4.30. The number of rotatable bonds is 4. The lowest BCUT2D eigenvalue weighted by atomic mass is 10.1. The van der Waals surface area contributed by atoms with Gasteiger partial charge in [0.15, 0.2) is 0 Å². The Hall–Kier alpha value is -2.59. The summed E-state index contributed by atoms with van der Waals surface area (Å²) in [7, 11) is 0. The van der Waals surface area contributed by atoms with E-state index in [0.717, 1.165) is 28.0 Å². The predicted octanol–water partition coefficient (Wildman–Crippen LogP) is 3.14. The van der Waals surface area contributed by atoms with Crippen LogP contribution in [0.15, 0.2) is 54.7 Å². The van der Waals surface area contributed by atoms with E-state index in [4.69, 9.17) is 15.6 Å². The van der Waals surface area contributed by atoms with Crippen LogP contribution >= 0.6 is 0 Å². The van der Waals surface area contributed by atoms with E-state index < -0.39 is 0 Å². The van der Waals surface area contributed by atoms with Crippen molar-refractivity contribution in [3.63, 3.8) is 0 Å². The Morgan fingerprint density at radius 2 is 1.90 bits per heavy atom. The van der Waals surface area contributed by atoms with Crippen LogP contribution < -0.4 is 10.5 Å². The van der Waals surface area contributed by atoms with Crippen LogP contribution in [0.2, 0.25) is 0 Å². The number of aliphatic hydroxyl groups excluding tert-OH is 1. The van der Waals surface area contributed by atoms with E-state index in [1.807, 2.05) is 48.5 Å². The van der Waals surface area contributed by atoms with E-state index in [1.54, 1.807) is 6.20 Å². The molecule has 0 aliphatic carbocycles. The smallest absolute Gasteiger partial charge is 0.138 e. The van der Waals surface area contributed by atoms with Crippen molar-refractivity contribution >= 4 is 16.6 Å². The highest BCUT2D eigenvalue weighted by atomic mass is 16.5. The molecule has 0 fully saturated rings. The van der Waals surface area contributed by atoms with Crippen molar-refractivity contribution in [3.8, 4) is 11.5 Å². The van der Waals surface area contributed by atoms with Gasteiger partial charge in [0.25, 0.3) is 0 Å². The lowest BCUT2D eigenvalue weighted by molar-refractivity contribution is 0.298. The molecular formula is C17H16N2O2. The fourth-order valence-electron chi connectivity index (χ4n) is 2.28. The summed E-state index contributed by atoms with van der Waals surface area (Å²) in [5.41, 5.74) is 8.23. The van der Waals surface area contributed by atoms with Crippen LogP contribution in [0, 0.1) is 0 Å². The third-order valence-corrected chi connectivity index (χ3v) is 3.30. The number of para-hydroxylation sites is 1. The molecule has 0 saturated carbocycles. The molecule has 0 unspecified atom stereocenters. The lowest BCUT2D eigenvalue weighted by Crippen LogP contribution is -1.96. The third-order valence-electron chi connectivity index (χ3n) is 3.30. The van der Waals surface area contributed by atoms with Gasteiger partial charge in [0, 0.05) is 23.9 Å². The fourth-order valence-corrected chi connectivity index (χ4v) is 2.28. The van der Waals surface area contributed by atoms with Gasteiger partial charge < -0.3 is 15.6 Å². The average Bonchev–Trinajstić information content (AvgIpc) is 2.49. The molecule has 1 heterocycles. The number of aromatic nitrogens is 1. The Labute approximate surface area is 122 Å². The zero-order chi connectivity index (χ0) is 14.7. The highest BCUT2D eigenvalue weighted by Crippen LogP contribution is 2.31. The van der Waals surface area contributed by atoms with Gasteiger partial charge in [-0.05, 0) is 42.3 Å². The van der Waals surface area contributed by atoms with Crippen LogP contribution in [0.25, 0.3) is 10.9 Å². The molecule has 2 aromatic carbocycles. The first-order valence-corrected chi connectivity index (χ1v) is 6.79. The van der Waals surface area contributed by atoms with Gasteiger partial charge in [-0.25, -0.2) is 0 Å². The third kappa shape index (κ3) is 2.80. The Balaban J connectivity index is 2.02. The summed E-state index contributed by atoms with van der Waals surface area (Å²) in [5.74, 6) is 1.47. The van der Waals surface area contributed by atoms with E-state index in [9.17, 15) is 0 Å². The Morgan fingerprint density at radius 1 is 1.05 bits per heavy atom. The molecule has 0 aliphatic rings. The number of aliphatic hydroxyl groups is 1. The lowest BCUT2D eigenvalue weighted by Gasteiger charge is -2.12. The number of anilines is 1. The fraction of sp³-hybridized carbons (Fsp3) is 0.118. The molecule has 3 N–H and O–H groups in total. The maximum absolute atomic E-state index is 9.13. The van der Waals surface area contributed by atoms with Gasteiger partial charge >= 0.3 is 0 Å². The van der Waals surface area contributed by atoms with Crippen molar-refractivity contribution in [1.82, 2.24) is 4.98 Å². The number of hydrogen-bond acceptors (Lipinski definition) is 4. The Bertz CT molecular complexity index is 772. The maximum atomic E-state index is 9.13. The first-order valence-electron chi connectivity index (χ1n) is 6.79. The number of fused-ring (bicyclic) bond motifs is 1. The second kappa shape index (κ2) is 5.81. The summed E-state index contributed by atoms with van der Waals surface area (Å²) >= 11 is 0. The molecule has 0 radical (unpaired) electrons. The highest BCUT2D eigenvalue weighted by Gasteiger charge is 2.08. The van der Waals surface area contributed by atoms with Crippen LogP contribution in [0.5, 0.6) is 11.5 Å². The van der Waals surface area contributed by atoms with Crippen LogP contribution in [0.4, 0.5) is 5.69 Å². The SMILES string of the molecule is Nc1ccc2c(Oc3ccccc3CCO)ccnc2c1. The zero-order valence-corrected chi connectivity index (χ0v) is 11.5. The number of hydrogen-bond donors (Lipinski definition) is 2. The van der Waals surface area contributed by atoms with E-state index in [2.05, 4.69) is 4.98 Å². The second-order valence-corrected chi connectivity index (χ2v) is 4.77. The molecule has 3 rings (SSSR count). The van der Waals surface area contributed by atoms with Gasteiger partial charge in [-0.3, -0.25) is 4.98 Å². The molecule has 4 heteroatoms. The first kappa shape index (κ1) is 13.4. The molecule has 3 aromatic rings. The normalized spacial score (nSPS) is 10.7. The van der Waals surface area contributed by atoms with E-state index in [1.165, 1.54) is 0 Å². The van der Waals surface area contributed by atoms with E-state index in [-0.39, 0.29) is 6.61 Å². The van der Waals surface area contributed by atoms with Crippen molar-refractivity contribution in [2.45, 2.75) is 6.42 Å². The predicted molar refractivity (Wildman–Crippen MR) is 83.5 cm³/mol. The molecule has 0 amide bonds. The van der Waals surface area contributed by atoms with Gasteiger partial charge in [0.05, 0.1) is 5.52 Å². The summed E-state index contributed by atoms with van der Waals surface area (Å²) in [6, 6.07) is 15.1. The van der Waals surface area contributed by atoms with E-state index in [0.29, 0.717) is 12.1 Å². The first-order chi connectivity index (χ1) is 10.3. The summed E-state index contributed by atoms with van der Waals surface area (Å²) in [6.45, 7) is 0.0913. The van der Waals surface area contributed by atoms with Crippen molar-refractivity contribution in [2.75, 3.05) is 12.3 Å². The maximum Gasteiger partial charge on any atom is 0.138 e. The molecular weight excluding hydrogens is 264 g/mol. The number of pyridine rings is 1. The van der Waals surface area contributed by atoms with Gasteiger partial charge in [0.1, 0.15) is 11.5 Å². The number of benzene rings is 2. The topological polar surface area (TPSA) is 68.4 Å². The number of nitrogen functional groups attached to an aromatic ring is 1. The number of nitrogens with zero attached hydrogens (tertiary/aromatic N) is 1. The van der Waals surface area contributed by atoms with Gasteiger partial charge in [-0.15, -0.1) is 0 Å². The van der Waals surface area contributed by atoms with Gasteiger partial charge in [-0.2, -0.15) is 0 Å². The molecule has 0 spiro atoms. The summed E-state index contributed by atoms with van der Waals surface area (Å²) in [6.07, 6.45) is 2.26. The summed E-state index contributed by atoms with van der Waals surface area (Å²) in [5, 5.41) is 10.0. The zero-order valence-electron chi connectivity index (χ0n) is 11.5. The molecule has 21 heavy (non-hydrogen) atoms. The standard InChI is InChI=1S/C17H16N2O2/c18-13-5-6-14-15(11-13)19-9-7-17(14)21-16-4-2-1-3-12(16)8-10-20/h1-7,9,11,20H,8,10,18H2. The molecule has 1 aromatic heterocycles. The minimum atomic E-state index is 0.0913. The van der Waals surface area contributed by atoms with Crippen LogP contribution in [0.1, 0.15) is 5.56 Å². The monoisotopic (exact) mass is 280 g/mol. The van der Waals surface area contributed by atoms with Gasteiger partial charge in [-0.1, -0.05) is 18.2 Å². The molecule has 0 bridgehead atoms. The molecule has 106 valence electrons. The second-order valence-electron chi connectivity index (χ2n) is 4.77. The number of ether oxygens (including phenoxy) is 1. The van der Waals surface area contributed by atoms with Crippen LogP contribution in [-0.4, -0.2) is 16.7 Å². The highest BCUT2D eigenvalue weighted by molar-refractivity contribution is 5.87. The minimum Gasteiger partial charge on any atom is -0.456 e. The molecule has 0 atom stereocenters. The molecule has 0 saturated heterocycles. The van der Waals surface area contributed by atoms with Crippen molar-refractivity contribution < 1.29 is 9.84 Å². The Morgan fingerprint density at radius 3 is 2.76 bits per heavy atom. The quantitative estimate of drug-likeness (QED) is 0.720. The van der Waals surface area contributed by atoms with Crippen LogP contribution in [-0.2, 0) is 6.42 Å². The van der Waals surface area contributed by atoms with Crippen molar-refractivity contribution in [2.24, 2.45) is 0 Å². The average molecular weight is 280 g/mol. The largest absolute Gasteiger partial charge is 0.456 e. The van der Waals surface area contributed by atoms with Crippen molar-refractivity contribution in [3.05, 3.63) is 60.3 Å². The minimum absolute atomic E-state index is 0.0913.